The number of rotatable bonds is 2. The summed E-state index contributed by atoms with van der Waals surface area (Å²) in [6.45, 7) is 6.87. The number of H-pyrrole nitrogens is 2. The maximum atomic E-state index is 5.76. The van der Waals surface area contributed by atoms with E-state index in [0.717, 1.165) is 11.4 Å². The summed E-state index contributed by atoms with van der Waals surface area (Å²) < 4.78 is 0. The summed E-state index contributed by atoms with van der Waals surface area (Å²) in [6, 6.07) is 8.68. The van der Waals surface area contributed by atoms with Crippen molar-refractivity contribution in [1.29, 1.82) is 0 Å². The van der Waals surface area contributed by atoms with Crippen molar-refractivity contribution in [2.45, 2.75) is 27.3 Å². The molecule has 2 heterocycles. The van der Waals surface area contributed by atoms with Crippen LogP contribution in [0.5, 0.6) is 0 Å². The molecule has 0 aliphatic carbocycles. The lowest BCUT2D eigenvalue weighted by molar-refractivity contribution is 1.04. The minimum atomic E-state index is 0.572. The molecule has 98 valence electrons. The van der Waals surface area contributed by atoms with E-state index in [-0.39, 0.29) is 0 Å². The Kier molecular flexibility index (Phi) is 2.72. The Balaban J connectivity index is 2.26. The van der Waals surface area contributed by atoms with Crippen molar-refractivity contribution in [2.75, 3.05) is 0 Å². The van der Waals surface area contributed by atoms with Gasteiger partial charge < -0.3 is 15.7 Å². The number of benzene rings is 1. The van der Waals surface area contributed by atoms with Gasteiger partial charge in [0.05, 0.1) is 0 Å². The molecule has 1 aromatic carbocycles. The van der Waals surface area contributed by atoms with Crippen molar-refractivity contribution in [1.82, 2.24) is 9.97 Å². The first kappa shape index (κ1) is 12.1. The summed E-state index contributed by atoms with van der Waals surface area (Å²) in [7, 11) is 0. The predicted octanol–water partition coefficient (Wildman–Crippen LogP) is 3.55. The van der Waals surface area contributed by atoms with E-state index in [1.54, 1.807) is 0 Å². The minimum Gasteiger partial charge on any atom is -0.358 e. The lowest BCUT2D eigenvalue weighted by Gasteiger charge is -1.99. The summed E-state index contributed by atoms with van der Waals surface area (Å²) in [6.07, 6.45) is 0. The molecule has 3 aromatic rings. The van der Waals surface area contributed by atoms with Crippen LogP contribution >= 0.6 is 0 Å². The zero-order valence-corrected chi connectivity index (χ0v) is 11.6. The highest BCUT2D eigenvalue weighted by Crippen LogP contribution is 2.32. The Morgan fingerprint density at radius 1 is 1.00 bits per heavy atom. The number of fused-ring (bicyclic) bond motifs is 1. The molecule has 3 nitrogen and oxygen atoms in total. The van der Waals surface area contributed by atoms with Gasteiger partial charge in [-0.15, -0.1) is 0 Å². The van der Waals surface area contributed by atoms with Crippen molar-refractivity contribution < 1.29 is 0 Å². The fraction of sp³-hybridized carbons (Fsp3) is 0.250. The number of aromatic nitrogens is 2. The summed E-state index contributed by atoms with van der Waals surface area (Å²) in [4.78, 5) is 6.91. The van der Waals surface area contributed by atoms with Crippen LogP contribution in [-0.4, -0.2) is 9.97 Å². The molecule has 4 N–H and O–H groups in total. The zero-order valence-electron chi connectivity index (χ0n) is 11.6. The van der Waals surface area contributed by atoms with Gasteiger partial charge in [-0.05, 0) is 44.0 Å². The topological polar surface area (TPSA) is 57.6 Å². The molecule has 0 atom stereocenters. The molecule has 19 heavy (non-hydrogen) atoms. The molecule has 0 aliphatic heterocycles. The molecule has 3 heteroatoms. The Bertz CT molecular complexity index is 747. The number of nitrogens with two attached hydrogens (primary N) is 1. The van der Waals surface area contributed by atoms with Crippen LogP contribution in [0.15, 0.2) is 24.3 Å². The highest BCUT2D eigenvalue weighted by molar-refractivity contribution is 5.97. The van der Waals surface area contributed by atoms with Crippen molar-refractivity contribution in [3.05, 3.63) is 46.8 Å². The van der Waals surface area contributed by atoms with Gasteiger partial charge in [-0.25, -0.2) is 0 Å². The van der Waals surface area contributed by atoms with E-state index < -0.39 is 0 Å². The highest BCUT2D eigenvalue weighted by Gasteiger charge is 2.13. The molecule has 0 saturated carbocycles. The average molecular weight is 253 g/mol. The third kappa shape index (κ3) is 1.87. The van der Waals surface area contributed by atoms with Crippen LogP contribution in [-0.2, 0) is 6.54 Å². The van der Waals surface area contributed by atoms with Crippen molar-refractivity contribution in [3.8, 4) is 11.3 Å². The van der Waals surface area contributed by atoms with Crippen LogP contribution in [0.2, 0.25) is 0 Å². The second-order valence-electron chi connectivity index (χ2n) is 5.21. The lowest BCUT2D eigenvalue weighted by atomic mass is 10.1. The van der Waals surface area contributed by atoms with Gasteiger partial charge in [0.15, 0.2) is 0 Å². The number of aryl methyl sites for hydroxylation is 3. The normalized spacial score (nSPS) is 11.4. The van der Waals surface area contributed by atoms with Gasteiger partial charge in [-0.2, -0.15) is 0 Å². The minimum absolute atomic E-state index is 0.572. The quantitative estimate of drug-likeness (QED) is 0.642. The zero-order chi connectivity index (χ0) is 13.6. The fourth-order valence-electron chi connectivity index (χ4n) is 2.74. The van der Waals surface area contributed by atoms with Gasteiger partial charge in [0, 0.05) is 40.1 Å². The number of hydrogen-bond acceptors (Lipinski definition) is 1. The van der Waals surface area contributed by atoms with E-state index in [1.807, 2.05) is 0 Å². The maximum Gasteiger partial charge on any atom is 0.0483 e. The van der Waals surface area contributed by atoms with Crippen molar-refractivity contribution >= 4 is 10.9 Å². The molecule has 0 bridgehead atoms. The molecule has 0 spiro atoms. The third-order valence-corrected chi connectivity index (χ3v) is 3.75. The van der Waals surface area contributed by atoms with Crippen LogP contribution < -0.4 is 5.73 Å². The molecule has 0 aliphatic rings. The molecule has 2 aromatic heterocycles. The SMILES string of the molecule is Cc1ccc2c(-c3cc(CN)c(C)[nH]3)c(C)[nH]c2c1. The van der Waals surface area contributed by atoms with Crippen LogP contribution in [0.4, 0.5) is 0 Å². The fourth-order valence-corrected chi connectivity index (χ4v) is 2.74. The van der Waals surface area contributed by atoms with Crippen LogP contribution in [0, 0.1) is 20.8 Å². The van der Waals surface area contributed by atoms with Crippen LogP contribution in [0.3, 0.4) is 0 Å². The van der Waals surface area contributed by atoms with Gasteiger partial charge in [0.1, 0.15) is 0 Å². The Morgan fingerprint density at radius 3 is 2.47 bits per heavy atom. The van der Waals surface area contributed by atoms with Crippen LogP contribution in [0.1, 0.15) is 22.5 Å². The molecule has 0 radical (unpaired) electrons. The van der Waals surface area contributed by atoms with Gasteiger partial charge in [-0.1, -0.05) is 12.1 Å². The monoisotopic (exact) mass is 253 g/mol. The molecule has 3 rings (SSSR count). The first-order valence-corrected chi connectivity index (χ1v) is 6.58. The molecule has 0 amide bonds. The predicted molar refractivity (Wildman–Crippen MR) is 80.2 cm³/mol. The average Bonchev–Trinajstić information content (AvgIpc) is 2.87. The summed E-state index contributed by atoms with van der Waals surface area (Å²) in [5, 5.41) is 1.26. The number of hydrogen-bond donors (Lipinski definition) is 3. The van der Waals surface area contributed by atoms with Crippen molar-refractivity contribution in [3.63, 3.8) is 0 Å². The summed E-state index contributed by atoms with van der Waals surface area (Å²) in [5.74, 6) is 0. The second kappa shape index (κ2) is 4.28. The largest absolute Gasteiger partial charge is 0.358 e. The summed E-state index contributed by atoms with van der Waals surface area (Å²) >= 11 is 0. The van der Waals surface area contributed by atoms with E-state index >= 15 is 0 Å². The van der Waals surface area contributed by atoms with E-state index in [4.69, 9.17) is 5.73 Å². The van der Waals surface area contributed by atoms with Gasteiger partial charge >= 0.3 is 0 Å². The van der Waals surface area contributed by atoms with Gasteiger partial charge in [-0.3, -0.25) is 0 Å². The standard InChI is InChI=1S/C16H19N3/c1-9-4-5-13-14(6-9)19-11(3)16(13)15-7-12(8-17)10(2)18-15/h4-7,18-19H,8,17H2,1-3H3. The van der Waals surface area contributed by atoms with Gasteiger partial charge in [0.2, 0.25) is 0 Å². The van der Waals surface area contributed by atoms with Crippen molar-refractivity contribution in [2.24, 2.45) is 5.73 Å². The maximum absolute atomic E-state index is 5.76. The molecule has 0 fully saturated rings. The van der Waals surface area contributed by atoms with E-state index in [1.165, 1.54) is 33.3 Å². The Labute approximate surface area is 112 Å². The van der Waals surface area contributed by atoms with Crippen LogP contribution in [0.25, 0.3) is 22.2 Å². The lowest BCUT2D eigenvalue weighted by Crippen LogP contribution is -1.95. The first-order chi connectivity index (χ1) is 9.10. The Hall–Kier alpha value is -2.00. The number of nitrogens with one attached hydrogen (secondary N) is 2. The van der Waals surface area contributed by atoms with Gasteiger partial charge in [0.25, 0.3) is 0 Å². The number of aromatic amines is 2. The smallest absolute Gasteiger partial charge is 0.0483 e. The highest BCUT2D eigenvalue weighted by atomic mass is 14.8. The molecule has 0 saturated heterocycles. The molecular formula is C16H19N3. The Morgan fingerprint density at radius 2 is 1.79 bits per heavy atom. The second-order valence-corrected chi connectivity index (χ2v) is 5.21. The van der Waals surface area contributed by atoms with E-state index in [9.17, 15) is 0 Å². The van der Waals surface area contributed by atoms with E-state index in [0.29, 0.717) is 6.54 Å². The molecule has 0 unspecified atom stereocenters. The molecular weight excluding hydrogens is 234 g/mol. The third-order valence-electron chi connectivity index (χ3n) is 3.75. The summed E-state index contributed by atoms with van der Waals surface area (Å²) in [5.41, 5.74) is 14.1. The van der Waals surface area contributed by atoms with E-state index in [2.05, 4.69) is 55.0 Å². The first-order valence-electron chi connectivity index (χ1n) is 6.58.